The average molecular weight is 400 g/mol. The van der Waals surface area contributed by atoms with Crippen molar-refractivity contribution in [3.8, 4) is 11.5 Å². The van der Waals surface area contributed by atoms with Gasteiger partial charge < -0.3 is 14.4 Å². The van der Waals surface area contributed by atoms with Gasteiger partial charge in [0, 0.05) is 18.2 Å². The second-order valence-corrected chi connectivity index (χ2v) is 6.90. The summed E-state index contributed by atoms with van der Waals surface area (Å²) in [5.41, 5.74) is -0.598. The molecule has 1 saturated carbocycles. The van der Waals surface area contributed by atoms with Crippen molar-refractivity contribution in [2.75, 3.05) is 5.32 Å². The molecule has 1 amide bonds. The van der Waals surface area contributed by atoms with Crippen LogP contribution in [0.3, 0.4) is 0 Å². The van der Waals surface area contributed by atoms with Crippen LogP contribution in [-0.2, 0) is 4.79 Å². The second kappa shape index (κ2) is 7.57. The molecule has 1 atom stereocenters. The molecule has 0 radical (unpaired) electrons. The summed E-state index contributed by atoms with van der Waals surface area (Å²) < 4.78 is 33.7. The number of nitrogens with one attached hydrogen (secondary N) is 1. The first-order valence-corrected chi connectivity index (χ1v) is 9.29. The van der Waals surface area contributed by atoms with E-state index >= 15 is 0 Å². The molecule has 0 spiro atoms. The highest BCUT2D eigenvalue weighted by Gasteiger charge is 2.30. The number of halogens is 2. The first kappa shape index (κ1) is 19.0. The van der Waals surface area contributed by atoms with Gasteiger partial charge in [-0.05, 0) is 43.5 Å². The summed E-state index contributed by atoms with van der Waals surface area (Å²) in [4.78, 5) is 29.9. The molecule has 0 saturated heterocycles. The molecule has 1 aliphatic rings. The summed E-state index contributed by atoms with van der Waals surface area (Å²) in [5.74, 6) is -1.15. The fourth-order valence-corrected chi connectivity index (χ4v) is 3.09. The lowest BCUT2D eigenvalue weighted by atomic mass is 10.1. The summed E-state index contributed by atoms with van der Waals surface area (Å²) >= 11 is 0. The van der Waals surface area contributed by atoms with E-state index in [1.165, 1.54) is 10.8 Å². The Morgan fingerprint density at radius 1 is 1.34 bits per heavy atom. The molecule has 7 nitrogen and oxygen atoms in total. The van der Waals surface area contributed by atoms with Crippen molar-refractivity contribution < 1.29 is 18.1 Å². The van der Waals surface area contributed by atoms with Crippen molar-refractivity contribution in [3.63, 3.8) is 0 Å². The lowest BCUT2D eigenvalue weighted by Gasteiger charge is -2.18. The van der Waals surface area contributed by atoms with Crippen LogP contribution in [0, 0.1) is 11.6 Å². The molecule has 1 N–H and O–H groups in total. The molecular formula is C20H18F2N4O3. The van der Waals surface area contributed by atoms with Crippen LogP contribution < -0.4 is 10.9 Å². The fraction of sp³-hybridized carbons (Fsp3) is 0.300. The van der Waals surface area contributed by atoms with Gasteiger partial charge in [0.05, 0.1) is 5.69 Å². The number of nitrogens with zero attached hydrogens (tertiary/aromatic N) is 3. The summed E-state index contributed by atoms with van der Waals surface area (Å²) in [6.45, 7) is 1.71. The van der Waals surface area contributed by atoms with Gasteiger partial charge in [-0.3, -0.25) is 9.59 Å². The number of pyridine rings is 1. The number of anilines is 1. The molecule has 1 fully saturated rings. The van der Waals surface area contributed by atoms with Gasteiger partial charge in [-0.1, -0.05) is 12.1 Å². The van der Waals surface area contributed by atoms with E-state index in [4.69, 9.17) is 4.52 Å². The third kappa shape index (κ3) is 3.80. The number of aromatic nitrogens is 3. The van der Waals surface area contributed by atoms with Gasteiger partial charge in [-0.2, -0.15) is 4.98 Å². The van der Waals surface area contributed by atoms with Crippen LogP contribution in [0.1, 0.15) is 44.0 Å². The zero-order valence-electron chi connectivity index (χ0n) is 15.6. The maximum Gasteiger partial charge on any atom is 0.264 e. The quantitative estimate of drug-likeness (QED) is 0.682. The molecule has 2 heterocycles. The number of hydrogen-bond acceptors (Lipinski definition) is 5. The van der Waals surface area contributed by atoms with Crippen LogP contribution in [0.2, 0.25) is 0 Å². The van der Waals surface area contributed by atoms with E-state index in [1.54, 1.807) is 19.1 Å². The van der Waals surface area contributed by atoms with E-state index in [9.17, 15) is 18.4 Å². The second-order valence-electron chi connectivity index (χ2n) is 6.90. The van der Waals surface area contributed by atoms with Crippen molar-refractivity contribution in [1.82, 2.24) is 14.7 Å². The molecule has 2 aromatic heterocycles. The SMILES string of the molecule is CCC(C(=O)Nc1cc(F)ccc1F)n1cccc(-c2nc(C3CC3)no2)c1=O. The normalized spacial score (nSPS) is 14.6. The minimum Gasteiger partial charge on any atom is -0.334 e. The summed E-state index contributed by atoms with van der Waals surface area (Å²) in [6.07, 6.45) is 3.70. The third-order valence-electron chi connectivity index (χ3n) is 4.80. The molecule has 9 heteroatoms. The Bertz CT molecular complexity index is 1120. The molecule has 1 unspecified atom stereocenters. The van der Waals surface area contributed by atoms with E-state index in [1.807, 2.05) is 0 Å². The highest BCUT2D eigenvalue weighted by Crippen LogP contribution is 2.38. The summed E-state index contributed by atoms with van der Waals surface area (Å²) in [5, 5.41) is 6.26. The van der Waals surface area contributed by atoms with E-state index < -0.39 is 29.1 Å². The number of carbonyl (C=O) groups is 1. The van der Waals surface area contributed by atoms with Crippen LogP contribution in [0.4, 0.5) is 14.5 Å². The topological polar surface area (TPSA) is 90.0 Å². The van der Waals surface area contributed by atoms with Gasteiger partial charge >= 0.3 is 0 Å². The van der Waals surface area contributed by atoms with Crippen LogP contribution >= 0.6 is 0 Å². The molecule has 29 heavy (non-hydrogen) atoms. The molecular weight excluding hydrogens is 382 g/mol. The van der Waals surface area contributed by atoms with Crippen molar-refractivity contribution >= 4 is 11.6 Å². The maximum atomic E-state index is 13.9. The highest BCUT2D eigenvalue weighted by atomic mass is 19.1. The van der Waals surface area contributed by atoms with Crippen molar-refractivity contribution in [2.45, 2.75) is 38.1 Å². The fourth-order valence-electron chi connectivity index (χ4n) is 3.09. The number of rotatable bonds is 6. The van der Waals surface area contributed by atoms with E-state index in [-0.39, 0.29) is 29.5 Å². The Morgan fingerprint density at radius 2 is 2.14 bits per heavy atom. The van der Waals surface area contributed by atoms with Crippen molar-refractivity contribution in [3.05, 3.63) is 64.3 Å². The number of hydrogen-bond donors (Lipinski definition) is 1. The van der Waals surface area contributed by atoms with Crippen LogP contribution in [0.15, 0.2) is 45.8 Å². The Balaban J connectivity index is 1.63. The minimum atomic E-state index is -0.934. The largest absolute Gasteiger partial charge is 0.334 e. The van der Waals surface area contributed by atoms with Crippen LogP contribution in [0.5, 0.6) is 0 Å². The van der Waals surface area contributed by atoms with E-state index in [0.29, 0.717) is 5.82 Å². The first-order valence-electron chi connectivity index (χ1n) is 9.29. The van der Waals surface area contributed by atoms with Gasteiger partial charge in [0.25, 0.3) is 11.4 Å². The van der Waals surface area contributed by atoms with Gasteiger partial charge in [0.1, 0.15) is 23.2 Å². The molecule has 3 aromatic rings. The number of benzene rings is 1. The Hall–Kier alpha value is -3.36. The molecule has 0 bridgehead atoms. The number of carbonyl (C=O) groups excluding carboxylic acids is 1. The Morgan fingerprint density at radius 3 is 2.86 bits per heavy atom. The van der Waals surface area contributed by atoms with Crippen LogP contribution in [-0.4, -0.2) is 20.6 Å². The van der Waals surface area contributed by atoms with Gasteiger partial charge in [0.15, 0.2) is 5.82 Å². The lowest BCUT2D eigenvalue weighted by molar-refractivity contribution is -0.119. The van der Waals surface area contributed by atoms with E-state index in [2.05, 4.69) is 15.5 Å². The monoisotopic (exact) mass is 400 g/mol. The van der Waals surface area contributed by atoms with Crippen molar-refractivity contribution in [2.24, 2.45) is 0 Å². The molecule has 0 aliphatic heterocycles. The molecule has 4 rings (SSSR count). The molecule has 1 aliphatic carbocycles. The molecule has 1 aromatic carbocycles. The minimum absolute atomic E-state index is 0.0951. The third-order valence-corrected chi connectivity index (χ3v) is 4.80. The first-order chi connectivity index (χ1) is 14.0. The number of amides is 1. The van der Waals surface area contributed by atoms with Gasteiger partial charge in [-0.15, -0.1) is 0 Å². The van der Waals surface area contributed by atoms with Crippen molar-refractivity contribution in [1.29, 1.82) is 0 Å². The predicted octanol–water partition coefficient (Wildman–Crippen LogP) is 3.64. The zero-order chi connectivity index (χ0) is 20.5. The summed E-state index contributed by atoms with van der Waals surface area (Å²) in [7, 11) is 0. The summed E-state index contributed by atoms with van der Waals surface area (Å²) in [6, 6.07) is 4.96. The van der Waals surface area contributed by atoms with Gasteiger partial charge in [-0.25, -0.2) is 8.78 Å². The maximum absolute atomic E-state index is 13.9. The van der Waals surface area contributed by atoms with E-state index in [0.717, 1.165) is 31.0 Å². The lowest BCUT2D eigenvalue weighted by Crippen LogP contribution is -2.33. The standard InChI is InChI=1S/C20H18F2N4O3/c1-2-16(18(27)23-15-10-12(21)7-8-14(15)22)26-9-3-4-13(20(26)28)19-24-17(25-29-19)11-5-6-11/h3-4,7-11,16H,2,5-6H2,1H3,(H,23,27). The predicted molar refractivity (Wildman–Crippen MR) is 100 cm³/mol. The molecule has 150 valence electrons. The Labute approximate surface area is 164 Å². The average Bonchev–Trinajstić information content (AvgIpc) is 3.44. The Kier molecular flexibility index (Phi) is 4.96. The van der Waals surface area contributed by atoms with Gasteiger partial charge in [0.2, 0.25) is 5.91 Å². The smallest absolute Gasteiger partial charge is 0.264 e. The van der Waals surface area contributed by atoms with Crippen LogP contribution in [0.25, 0.3) is 11.5 Å². The zero-order valence-corrected chi connectivity index (χ0v) is 15.6. The highest BCUT2D eigenvalue weighted by molar-refractivity contribution is 5.93.